The second-order valence-corrected chi connectivity index (χ2v) is 4.89. The Morgan fingerprint density at radius 2 is 1.86 bits per heavy atom. The molecular weight excluding hydrogens is 288 g/mol. The molecule has 0 bridgehead atoms. The fourth-order valence-electron chi connectivity index (χ4n) is 1.94. The number of ether oxygens (including phenoxy) is 1. The van der Waals surface area contributed by atoms with Crippen molar-refractivity contribution >= 4 is 17.3 Å². The van der Waals surface area contributed by atoms with Crippen LogP contribution in [-0.2, 0) is 13.2 Å². The molecule has 0 atom stereocenters. The zero-order chi connectivity index (χ0) is 15.2. The second kappa shape index (κ2) is 6.98. The highest BCUT2D eigenvalue weighted by atomic mass is 35.5. The van der Waals surface area contributed by atoms with E-state index < -0.39 is 0 Å². The maximum Gasteiger partial charge on any atom is 0.184 e. The first-order chi connectivity index (χ1) is 10.2. The van der Waals surface area contributed by atoms with Crippen molar-refractivity contribution < 1.29 is 9.84 Å². The molecule has 0 spiro atoms. The van der Waals surface area contributed by atoms with E-state index in [0.717, 1.165) is 11.1 Å². The molecule has 2 aromatic carbocycles. The van der Waals surface area contributed by atoms with Gasteiger partial charge in [0.25, 0.3) is 0 Å². The van der Waals surface area contributed by atoms with Crippen molar-refractivity contribution in [1.29, 1.82) is 5.26 Å². The topological polar surface area (TPSA) is 56.5 Å². The van der Waals surface area contributed by atoms with E-state index in [0.29, 0.717) is 23.0 Å². The summed E-state index contributed by atoms with van der Waals surface area (Å²) in [5.41, 5.74) is 2.52. The molecule has 0 amide bonds. The maximum absolute atomic E-state index is 9.32. The molecule has 0 aliphatic heterocycles. The third kappa shape index (κ3) is 3.66. The van der Waals surface area contributed by atoms with Crippen LogP contribution in [0.25, 0.3) is 0 Å². The van der Waals surface area contributed by atoms with Gasteiger partial charge in [-0.25, -0.2) is 0 Å². The highest BCUT2D eigenvalue weighted by Crippen LogP contribution is 2.29. The molecule has 0 aromatic heterocycles. The Hall–Kier alpha value is -2.22. The molecule has 0 radical (unpaired) electrons. The summed E-state index contributed by atoms with van der Waals surface area (Å²) in [5, 5.41) is 18.8. The van der Waals surface area contributed by atoms with Gasteiger partial charge in [0.05, 0.1) is 31.0 Å². The summed E-state index contributed by atoms with van der Waals surface area (Å²) >= 11 is 6.08. The molecule has 0 aliphatic carbocycles. The average Bonchev–Trinajstić information content (AvgIpc) is 2.53. The molecule has 0 saturated heterocycles. The van der Waals surface area contributed by atoms with E-state index in [2.05, 4.69) is 6.19 Å². The van der Waals surface area contributed by atoms with Crippen molar-refractivity contribution in [3.8, 4) is 11.9 Å². The first-order valence-corrected chi connectivity index (χ1v) is 6.75. The molecule has 0 saturated carbocycles. The Morgan fingerprint density at radius 1 is 1.19 bits per heavy atom. The van der Waals surface area contributed by atoms with Crippen molar-refractivity contribution in [1.82, 2.24) is 0 Å². The summed E-state index contributed by atoms with van der Waals surface area (Å²) in [6.07, 6.45) is 2.14. The largest absolute Gasteiger partial charge is 0.495 e. The van der Waals surface area contributed by atoms with Crippen molar-refractivity contribution in [2.45, 2.75) is 13.2 Å². The number of hydrogen-bond acceptors (Lipinski definition) is 4. The predicted molar refractivity (Wildman–Crippen MR) is 82.2 cm³/mol. The molecule has 0 aliphatic rings. The highest BCUT2D eigenvalue weighted by Gasteiger charge is 2.09. The lowest BCUT2D eigenvalue weighted by atomic mass is 10.1. The number of nitriles is 1. The van der Waals surface area contributed by atoms with Crippen LogP contribution in [0.4, 0.5) is 5.69 Å². The fraction of sp³-hybridized carbons (Fsp3) is 0.188. The van der Waals surface area contributed by atoms with Crippen molar-refractivity contribution in [3.63, 3.8) is 0 Å². The number of aliphatic hydroxyl groups is 1. The first kappa shape index (κ1) is 15.2. The van der Waals surface area contributed by atoms with Gasteiger partial charge in [-0.2, -0.15) is 5.26 Å². The quantitative estimate of drug-likeness (QED) is 0.680. The molecule has 0 unspecified atom stereocenters. The summed E-state index contributed by atoms with van der Waals surface area (Å²) in [6.45, 7) is 0.446. The van der Waals surface area contributed by atoms with Crippen LogP contribution in [0.1, 0.15) is 11.1 Å². The van der Waals surface area contributed by atoms with Gasteiger partial charge in [0.15, 0.2) is 6.19 Å². The fourth-order valence-corrected chi connectivity index (χ4v) is 2.19. The van der Waals surface area contributed by atoms with Crippen LogP contribution in [0, 0.1) is 11.5 Å². The number of halogens is 1. The van der Waals surface area contributed by atoms with E-state index in [1.54, 1.807) is 30.2 Å². The number of methoxy groups -OCH3 is 1. The highest BCUT2D eigenvalue weighted by molar-refractivity contribution is 6.32. The summed E-state index contributed by atoms with van der Waals surface area (Å²) in [5.74, 6) is 0.575. The van der Waals surface area contributed by atoms with Gasteiger partial charge in [0.1, 0.15) is 5.75 Å². The average molecular weight is 303 g/mol. The minimum Gasteiger partial charge on any atom is -0.495 e. The van der Waals surface area contributed by atoms with E-state index in [9.17, 15) is 5.26 Å². The summed E-state index contributed by atoms with van der Waals surface area (Å²) in [7, 11) is 1.55. The molecule has 5 heteroatoms. The molecule has 0 fully saturated rings. The van der Waals surface area contributed by atoms with Gasteiger partial charge in [-0.1, -0.05) is 35.9 Å². The van der Waals surface area contributed by atoms with Crippen LogP contribution >= 0.6 is 11.6 Å². The number of anilines is 1. The van der Waals surface area contributed by atoms with Crippen molar-refractivity contribution in [2.75, 3.05) is 12.0 Å². The third-order valence-corrected chi connectivity index (χ3v) is 3.41. The number of benzene rings is 2. The minimum atomic E-state index is 0.0103. The smallest absolute Gasteiger partial charge is 0.184 e. The Bertz CT molecular complexity index is 650. The lowest BCUT2D eigenvalue weighted by molar-refractivity contribution is 0.282. The first-order valence-electron chi connectivity index (χ1n) is 6.37. The van der Waals surface area contributed by atoms with Crippen LogP contribution in [0.3, 0.4) is 0 Å². The van der Waals surface area contributed by atoms with Gasteiger partial charge in [0, 0.05) is 0 Å². The Labute approximate surface area is 128 Å². The molecular formula is C16H15ClN2O2. The maximum atomic E-state index is 9.32. The van der Waals surface area contributed by atoms with Gasteiger partial charge in [-0.05, 0) is 29.3 Å². The summed E-state index contributed by atoms with van der Waals surface area (Å²) < 4.78 is 5.10. The van der Waals surface area contributed by atoms with Crippen LogP contribution in [0.2, 0.25) is 5.02 Å². The van der Waals surface area contributed by atoms with Crippen LogP contribution in [0.5, 0.6) is 5.75 Å². The lowest BCUT2D eigenvalue weighted by Crippen LogP contribution is -2.15. The number of aliphatic hydroxyl groups excluding tert-OH is 1. The SMILES string of the molecule is COc1ccc(N(C#N)Cc2ccc(CO)cc2)cc1Cl. The molecule has 108 valence electrons. The van der Waals surface area contributed by atoms with E-state index in [1.165, 1.54) is 0 Å². The van der Waals surface area contributed by atoms with E-state index in [1.807, 2.05) is 24.3 Å². The Balaban J connectivity index is 2.19. The third-order valence-electron chi connectivity index (χ3n) is 3.11. The number of nitrogens with zero attached hydrogens (tertiary/aromatic N) is 2. The van der Waals surface area contributed by atoms with Crippen LogP contribution in [-0.4, -0.2) is 12.2 Å². The van der Waals surface area contributed by atoms with Gasteiger partial charge >= 0.3 is 0 Å². The number of hydrogen-bond donors (Lipinski definition) is 1. The molecule has 0 heterocycles. The normalized spacial score (nSPS) is 10.0. The predicted octanol–water partition coefficient (Wildman–Crippen LogP) is 3.33. The zero-order valence-corrected chi connectivity index (χ0v) is 12.3. The standard InChI is InChI=1S/C16H15ClN2O2/c1-21-16-7-6-14(8-15(16)17)19(11-18)9-12-2-4-13(10-20)5-3-12/h2-8,20H,9-10H2,1H3. The van der Waals surface area contributed by atoms with E-state index in [-0.39, 0.29) is 6.61 Å². The van der Waals surface area contributed by atoms with Gasteiger partial charge < -0.3 is 9.84 Å². The lowest BCUT2D eigenvalue weighted by Gasteiger charge is -2.17. The van der Waals surface area contributed by atoms with Gasteiger partial charge in [-0.3, -0.25) is 4.90 Å². The monoisotopic (exact) mass is 302 g/mol. The van der Waals surface area contributed by atoms with Crippen LogP contribution in [0.15, 0.2) is 42.5 Å². The minimum absolute atomic E-state index is 0.0103. The molecule has 2 rings (SSSR count). The van der Waals surface area contributed by atoms with Crippen LogP contribution < -0.4 is 9.64 Å². The van der Waals surface area contributed by atoms with E-state index >= 15 is 0 Å². The van der Waals surface area contributed by atoms with E-state index in [4.69, 9.17) is 21.4 Å². The molecule has 21 heavy (non-hydrogen) atoms. The number of rotatable bonds is 5. The summed E-state index contributed by atoms with van der Waals surface area (Å²) in [6, 6.07) is 12.7. The van der Waals surface area contributed by atoms with Gasteiger partial charge in [0.2, 0.25) is 0 Å². The van der Waals surface area contributed by atoms with Crippen molar-refractivity contribution in [2.24, 2.45) is 0 Å². The Kier molecular flexibility index (Phi) is 5.04. The Morgan fingerprint density at radius 3 is 2.38 bits per heavy atom. The van der Waals surface area contributed by atoms with Crippen molar-refractivity contribution in [3.05, 3.63) is 58.6 Å². The van der Waals surface area contributed by atoms with Gasteiger partial charge in [-0.15, -0.1) is 0 Å². The second-order valence-electron chi connectivity index (χ2n) is 4.48. The molecule has 2 aromatic rings. The zero-order valence-electron chi connectivity index (χ0n) is 11.6. The molecule has 1 N–H and O–H groups in total. The molecule has 4 nitrogen and oxygen atoms in total. The summed E-state index contributed by atoms with van der Waals surface area (Å²) in [4.78, 5) is 1.54.